The fourth-order valence-corrected chi connectivity index (χ4v) is 1.34. The normalized spacial score (nSPS) is 40.4. The van der Waals surface area contributed by atoms with Gasteiger partial charge >= 0.3 is 0 Å². The van der Waals surface area contributed by atoms with Crippen LogP contribution in [0, 0.1) is 0 Å². The Hall–Kier alpha value is -0.300. The van der Waals surface area contributed by atoms with E-state index in [2.05, 4.69) is 20.6 Å². The Balaban J connectivity index is 2.29. The van der Waals surface area contributed by atoms with Gasteiger partial charge in [-0.1, -0.05) is 6.08 Å². The van der Waals surface area contributed by atoms with Crippen LogP contribution in [0.25, 0.3) is 0 Å². The van der Waals surface area contributed by atoms with Gasteiger partial charge in [-0.3, -0.25) is 0 Å². The number of quaternary nitrogens is 1. The van der Waals surface area contributed by atoms with Crippen molar-refractivity contribution in [3.8, 4) is 0 Å². The second kappa shape index (κ2) is 2.14. The van der Waals surface area contributed by atoms with E-state index in [0.29, 0.717) is 0 Å². The molecule has 0 aromatic rings. The van der Waals surface area contributed by atoms with Crippen molar-refractivity contribution >= 4 is 0 Å². The van der Waals surface area contributed by atoms with E-state index in [0.717, 1.165) is 6.04 Å². The summed E-state index contributed by atoms with van der Waals surface area (Å²) in [5.74, 6) is 0. The summed E-state index contributed by atoms with van der Waals surface area (Å²) in [6.45, 7) is 8.62. The van der Waals surface area contributed by atoms with Crippen LogP contribution in [-0.2, 0) is 0 Å². The lowest BCUT2D eigenvalue weighted by Crippen LogP contribution is -2.22. The summed E-state index contributed by atoms with van der Waals surface area (Å²) in [5.41, 5.74) is 0. The van der Waals surface area contributed by atoms with Gasteiger partial charge in [0.2, 0.25) is 0 Å². The number of hydrogen-bond donors (Lipinski definition) is 0. The summed E-state index contributed by atoms with van der Waals surface area (Å²) in [4.78, 5) is 0. The van der Waals surface area contributed by atoms with Crippen molar-refractivity contribution in [1.82, 2.24) is 0 Å². The zero-order valence-corrected chi connectivity index (χ0v) is 6.43. The van der Waals surface area contributed by atoms with Crippen molar-refractivity contribution in [3.05, 3.63) is 12.7 Å². The number of likely N-dealkylation sites (N-methyl/N-ethyl adjacent to an activating group) is 1. The Morgan fingerprint density at radius 3 is 2.78 bits per heavy atom. The van der Waals surface area contributed by atoms with Crippen molar-refractivity contribution in [2.45, 2.75) is 19.4 Å². The third kappa shape index (κ3) is 1.16. The molecule has 1 rings (SSSR count). The molecule has 1 heteroatoms. The molecule has 9 heavy (non-hydrogen) atoms. The Labute approximate surface area is 57.6 Å². The van der Waals surface area contributed by atoms with Crippen LogP contribution in [0.3, 0.4) is 0 Å². The highest BCUT2D eigenvalue weighted by Gasteiger charge is 2.48. The van der Waals surface area contributed by atoms with Crippen LogP contribution in [0.15, 0.2) is 12.7 Å². The smallest absolute Gasteiger partial charge is 0.142 e. The maximum absolute atomic E-state index is 3.73. The Kier molecular flexibility index (Phi) is 1.62. The maximum Gasteiger partial charge on any atom is 0.142 e. The molecule has 0 aromatic heterocycles. The molecule has 1 aliphatic heterocycles. The predicted octanol–water partition coefficient (Wildman–Crippen LogP) is 1.41. The van der Waals surface area contributed by atoms with Crippen LogP contribution in [0.2, 0.25) is 0 Å². The van der Waals surface area contributed by atoms with Crippen LogP contribution in [0.4, 0.5) is 0 Å². The molecule has 0 N–H and O–H groups in total. The number of nitrogens with zero attached hydrogens (tertiary/aromatic N) is 1. The molecule has 0 aromatic carbocycles. The van der Waals surface area contributed by atoms with Crippen LogP contribution >= 0.6 is 0 Å². The first-order chi connectivity index (χ1) is 4.23. The summed E-state index contributed by atoms with van der Waals surface area (Å²) in [6.07, 6.45) is 3.23. The molecule has 52 valence electrons. The molecule has 2 atom stereocenters. The molecule has 1 heterocycles. The monoisotopic (exact) mass is 126 g/mol. The molecule has 0 spiro atoms. The van der Waals surface area contributed by atoms with E-state index in [4.69, 9.17) is 0 Å². The zero-order valence-electron chi connectivity index (χ0n) is 6.43. The third-order valence-corrected chi connectivity index (χ3v) is 2.54. The van der Waals surface area contributed by atoms with Crippen molar-refractivity contribution < 1.29 is 4.48 Å². The van der Waals surface area contributed by atoms with Gasteiger partial charge in [0.15, 0.2) is 0 Å². The van der Waals surface area contributed by atoms with Crippen LogP contribution in [0.1, 0.15) is 13.3 Å². The van der Waals surface area contributed by atoms with E-state index < -0.39 is 0 Å². The first-order valence-corrected chi connectivity index (χ1v) is 3.68. The first kappa shape index (κ1) is 6.81. The summed E-state index contributed by atoms with van der Waals surface area (Å²) in [5, 5.41) is 0. The first-order valence-electron chi connectivity index (χ1n) is 3.68. The standard InChI is InChI=1S/C8H16N/c1-4-6-8-7-9(8,3)5-2/h4,8H,1,5-7H2,2-3H3/q+1. The maximum atomic E-state index is 3.73. The Morgan fingerprint density at radius 2 is 2.44 bits per heavy atom. The SMILES string of the molecule is C=CCC1C[N+]1(C)CC. The quantitative estimate of drug-likeness (QED) is 0.305. The largest absolute Gasteiger partial charge is 0.314 e. The molecule has 2 unspecified atom stereocenters. The van der Waals surface area contributed by atoms with Gasteiger partial charge in [-0.25, -0.2) is 0 Å². The summed E-state index contributed by atoms with van der Waals surface area (Å²) in [7, 11) is 2.31. The van der Waals surface area contributed by atoms with Crippen LogP contribution < -0.4 is 0 Å². The molecule has 0 aliphatic carbocycles. The van der Waals surface area contributed by atoms with Gasteiger partial charge < -0.3 is 4.48 Å². The van der Waals surface area contributed by atoms with Gasteiger partial charge in [-0.15, -0.1) is 6.58 Å². The third-order valence-electron chi connectivity index (χ3n) is 2.54. The Morgan fingerprint density at radius 1 is 1.78 bits per heavy atom. The second-order valence-corrected chi connectivity index (χ2v) is 3.16. The summed E-state index contributed by atoms with van der Waals surface area (Å²) >= 11 is 0. The lowest BCUT2D eigenvalue weighted by molar-refractivity contribution is -0.789. The highest BCUT2D eigenvalue weighted by Crippen LogP contribution is 2.29. The average Bonchev–Trinajstić information content (AvgIpc) is 2.46. The lowest BCUT2D eigenvalue weighted by atomic mass is 10.3. The molecule has 1 aliphatic rings. The van der Waals surface area contributed by atoms with Crippen LogP contribution in [-0.4, -0.2) is 30.7 Å². The molecule has 1 saturated heterocycles. The van der Waals surface area contributed by atoms with Crippen molar-refractivity contribution in [1.29, 1.82) is 0 Å². The highest BCUT2D eigenvalue weighted by atomic mass is 15.5. The molecular weight excluding hydrogens is 110 g/mol. The van der Waals surface area contributed by atoms with Gasteiger partial charge in [0, 0.05) is 6.42 Å². The van der Waals surface area contributed by atoms with E-state index in [1.54, 1.807) is 0 Å². The van der Waals surface area contributed by atoms with Crippen molar-refractivity contribution in [3.63, 3.8) is 0 Å². The minimum absolute atomic E-state index is 0.896. The molecule has 0 bridgehead atoms. The van der Waals surface area contributed by atoms with Gasteiger partial charge in [-0.05, 0) is 6.92 Å². The minimum atomic E-state index is 0.896. The van der Waals surface area contributed by atoms with Crippen molar-refractivity contribution in [2.75, 3.05) is 20.1 Å². The van der Waals surface area contributed by atoms with E-state index in [9.17, 15) is 0 Å². The predicted molar refractivity (Wildman–Crippen MR) is 40.2 cm³/mol. The average molecular weight is 126 g/mol. The number of hydrogen-bond acceptors (Lipinski definition) is 0. The van der Waals surface area contributed by atoms with Gasteiger partial charge in [-0.2, -0.15) is 0 Å². The van der Waals surface area contributed by atoms with Crippen LogP contribution in [0.5, 0.6) is 0 Å². The Bertz CT molecular complexity index is 120. The zero-order chi connectivity index (χ0) is 6.91. The van der Waals surface area contributed by atoms with E-state index in [-0.39, 0.29) is 0 Å². The lowest BCUT2D eigenvalue weighted by Gasteiger charge is -2.09. The molecule has 1 fully saturated rings. The topological polar surface area (TPSA) is 0 Å². The molecule has 1 nitrogen and oxygen atoms in total. The van der Waals surface area contributed by atoms with E-state index >= 15 is 0 Å². The molecule has 0 radical (unpaired) electrons. The number of rotatable bonds is 3. The van der Waals surface area contributed by atoms with Gasteiger partial charge in [0.05, 0.1) is 13.6 Å². The van der Waals surface area contributed by atoms with Gasteiger partial charge in [0.1, 0.15) is 12.6 Å². The van der Waals surface area contributed by atoms with E-state index in [1.165, 1.54) is 24.0 Å². The molecular formula is C8H16N+. The fraction of sp³-hybridized carbons (Fsp3) is 0.750. The minimum Gasteiger partial charge on any atom is -0.314 e. The van der Waals surface area contributed by atoms with E-state index in [1.807, 2.05) is 6.08 Å². The summed E-state index contributed by atoms with van der Waals surface area (Å²) in [6, 6.07) is 0.896. The molecule has 0 amide bonds. The molecule has 0 saturated carbocycles. The highest BCUT2D eigenvalue weighted by molar-refractivity contribution is 4.81. The van der Waals surface area contributed by atoms with Gasteiger partial charge in [0.25, 0.3) is 0 Å². The van der Waals surface area contributed by atoms with Crippen molar-refractivity contribution in [2.24, 2.45) is 0 Å². The second-order valence-electron chi connectivity index (χ2n) is 3.16. The fourth-order valence-electron chi connectivity index (χ4n) is 1.34. The summed E-state index contributed by atoms with van der Waals surface area (Å²) < 4.78 is 1.27.